The van der Waals surface area contributed by atoms with Crippen molar-refractivity contribution < 1.29 is 4.52 Å². The molecule has 21 heavy (non-hydrogen) atoms. The Kier molecular flexibility index (Phi) is 3.37. The normalized spacial score (nSPS) is 12.8. The first-order valence-corrected chi connectivity index (χ1v) is 7.01. The highest BCUT2D eigenvalue weighted by atomic mass is 16.5. The summed E-state index contributed by atoms with van der Waals surface area (Å²) in [4.78, 5) is 4.34. The Labute approximate surface area is 123 Å². The van der Waals surface area contributed by atoms with Gasteiger partial charge in [-0.25, -0.2) is 4.98 Å². The van der Waals surface area contributed by atoms with Gasteiger partial charge in [0.05, 0.1) is 17.3 Å². The van der Waals surface area contributed by atoms with Crippen molar-refractivity contribution in [3.05, 3.63) is 35.5 Å². The largest absolute Gasteiger partial charge is 0.384 e. The van der Waals surface area contributed by atoms with Crippen LogP contribution in [0.4, 0.5) is 5.69 Å². The lowest BCUT2D eigenvalue weighted by Crippen LogP contribution is -2.11. The van der Waals surface area contributed by atoms with Gasteiger partial charge in [0.1, 0.15) is 5.76 Å². The van der Waals surface area contributed by atoms with E-state index in [0.717, 1.165) is 34.7 Å². The minimum absolute atomic E-state index is 0.316. The summed E-state index contributed by atoms with van der Waals surface area (Å²) in [5.41, 5.74) is 4.07. The van der Waals surface area contributed by atoms with Gasteiger partial charge in [0.25, 0.3) is 0 Å². The van der Waals surface area contributed by atoms with Crippen molar-refractivity contribution in [2.45, 2.75) is 26.7 Å². The second-order valence-corrected chi connectivity index (χ2v) is 5.38. The standard InChI is InChI=1S/C15H19N5O/c1-9(14-10(2)19-21-11(14)3)7-17-13-5-6-16-15-12(13)8-18-20(15)4/h5-6,8-9H,7H2,1-4H3,(H,16,17). The number of fused-ring (bicyclic) bond motifs is 1. The SMILES string of the molecule is Cc1noc(C)c1C(C)CNc1ccnc2c1cnn2C. The van der Waals surface area contributed by atoms with Crippen LogP contribution in [0.5, 0.6) is 0 Å². The predicted molar refractivity (Wildman–Crippen MR) is 81.4 cm³/mol. The van der Waals surface area contributed by atoms with Crippen LogP contribution in [-0.2, 0) is 7.05 Å². The molecule has 3 aromatic heterocycles. The molecule has 6 nitrogen and oxygen atoms in total. The van der Waals surface area contributed by atoms with Crippen LogP contribution in [0.2, 0.25) is 0 Å². The zero-order chi connectivity index (χ0) is 15.0. The Morgan fingerprint density at radius 3 is 2.90 bits per heavy atom. The Morgan fingerprint density at radius 2 is 2.19 bits per heavy atom. The molecule has 0 aromatic carbocycles. The van der Waals surface area contributed by atoms with E-state index in [-0.39, 0.29) is 0 Å². The van der Waals surface area contributed by atoms with Gasteiger partial charge in [-0.3, -0.25) is 4.68 Å². The van der Waals surface area contributed by atoms with E-state index in [9.17, 15) is 0 Å². The van der Waals surface area contributed by atoms with Crippen LogP contribution < -0.4 is 5.32 Å². The fraction of sp³-hybridized carbons (Fsp3) is 0.400. The second kappa shape index (κ2) is 5.20. The minimum atomic E-state index is 0.316. The summed E-state index contributed by atoms with van der Waals surface area (Å²) in [6.45, 7) is 6.91. The third-order valence-corrected chi connectivity index (χ3v) is 3.82. The van der Waals surface area contributed by atoms with E-state index in [0.29, 0.717) is 5.92 Å². The van der Waals surface area contributed by atoms with Gasteiger partial charge in [0.15, 0.2) is 5.65 Å². The van der Waals surface area contributed by atoms with Gasteiger partial charge in [-0.15, -0.1) is 0 Å². The monoisotopic (exact) mass is 285 g/mol. The zero-order valence-corrected chi connectivity index (χ0v) is 12.7. The van der Waals surface area contributed by atoms with Gasteiger partial charge in [-0.1, -0.05) is 12.1 Å². The molecule has 0 aliphatic heterocycles. The van der Waals surface area contributed by atoms with E-state index in [1.807, 2.05) is 33.2 Å². The van der Waals surface area contributed by atoms with E-state index in [4.69, 9.17) is 4.52 Å². The number of hydrogen-bond donors (Lipinski definition) is 1. The highest BCUT2D eigenvalue weighted by Gasteiger charge is 2.16. The van der Waals surface area contributed by atoms with Crippen molar-refractivity contribution in [3.63, 3.8) is 0 Å². The molecule has 0 spiro atoms. The molecule has 0 saturated heterocycles. The Morgan fingerprint density at radius 1 is 1.38 bits per heavy atom. The molecule has 0 bridgehead atoms. The van der Waals surface area contributed by atoms with Crippen LogP contribution in [0.3, 0.4) is 0 Å². The molecule has 3 aromatic rings. The van der Waals surface area contributed by atoms with Gasteiger partial charge >= 0.3 is 0 Å². The van der Waals surface area contributed by atoms with Gasteiger partial charge < -0.3 is 9.84 Å². The highest BCUT2D eigenvalue weighted by molar-refractivity contribution is 5.88. The molecule has 0 fully saturated rings. The van der Waals surface area contributed by atoms with Gasteiger partial charge in [-0.05, 0) is 19.9 Å². The molecular weight excluding hydrogens is 266 g/mol. The molecule has 3 heterocycles. The summed E-state index contributed by atoms with van der Waals surface area (Å²) in [5, 5.41) is 12.8. The fourth-order valence-electron chi connectivity index (χ4n) is 2.76. The predicted octanol–water partition coefficient (Wildman–Crippen LogP) is 2.79. The summed E-state index contributed by atoms with van der Waals surface area (Å²) in [7, 11) is 1.89. The number of pyridine rings is 1. The summed E-state index contributed by atoms with van der Waals surface area (Å²) in [5.74, 6) is 1.21. The summed E-state index contributed by atoms with van der Waals surface area (Å²) in [6.07, 6.45) is 3.64. The molecule has 0 amide bonds. The lowest BCUT2D eigenvalue weighted by Gasteiger charge is -2.14. The molecule has 1 unspecified atom stereocenters. The Balaban J connectivity index is 1.81. The van der Waals surface area contributed by atoms with Crippen LogP contribution in [-0.4, -0.2) is 26.5 Å². The molecule has 0 aliphatic carbocycles. The maximum absolute atomic E-state index is 5.24. The van der Waals surface area contributed by atoms with Gasteiger partial charge in [0, 0.05) is 37.0 Å². The fourth-order valence-corrected chi connectivity index (χ4v) is 2.76. The van der Waals surface area contributed by atoms with Crippen LogP contribution >= 0.6 is 0 Å². The zero-order valence-electron chi connectivity index (χ0n) is 12.7. The average molecular weight is 285 g/mol. The van der Waals surface area contributed by atoms with E-state index in [2.05, 4.69) is 27.5 Å². The molecule has 6 heteroatoms. The van der Waals surface area contributed by atoms with E-state index < -0.39 is 0 Å². The van der Waals surface area contributed by atoms with Crippen molar-refractivity contribution in [2.24, 2.45) is 7.05 Å². The number of aromatic nitrogens is 4. The number of anilines is 1. The van der Waals surface area contributed by atoms with Crippen molar-refractivity contribution in [2.75, 3.05) is 11.9 Å². The molecule has 110 valence electrons. The smallest absolute Gasteiger partial charge is 0.159 e. The first-order chi connectivity index (χ1) is 10.1. The van der Waals surface area contributed by atoms with Crippen molar-refractivity contribution in [1.82, 2.24) is 19.9 Å². The highest BCUT2D eigenvalue weighted by Crippen LogP contribution is 2.25. The Bertz CT molecular complexity index is 754. The van der Waals surface area contributed by atoms with Crippen molar-refractivity contribution >= 4 is 16.7 Å². The lowest BCUT2D eigenvalue weighted by molar-refractivity contribution is 0.391. The molecule has 0 aliphatic rings. The van der Waals surface area contributed by atoms with Crippen LogP contribution in [0.25, 0.3) is 11.0 Å². The molecule has 1 N–H and O–H groups in total. The quantitative estimate of drug-likeness (QED) is 0.798. The molecule has 3 rings (SSSR count). The third kappa shape index (κ3) is 2.37. The van der Waals surface area contributed by atoms with E-state index >= 15 is 0 Å². The molecule has 0 saturated carbocycles. The van der Waals surface area contributed by atoms with Gasteiger partial charge in [0.2, 0.25) is 0 Å². The van der Waals surface area contributed by atoms with E-state index in [1.54, 1.807) is 10.9 Å². The molecule has 0 radical (unpaired) electrons. The van der Waals surface area contributed by atoms with Crippen LogP contribution in [0.15, 0.2) is 23.0 Å². The van der Waals surface area contributed by atoms with Crippen molar-refractivity contribution in [1.29, 1.82) is 0 Å². The average Bonchev–Trinajstić information content (AvgIpc) is 3.00. The number of aryl methyl sites for hydroxylation is 3. The first-order valence-electron chi connectivity index (χ1n) is 7.01. The van der Waals surface area contributed by atoms with Gasteiger partial charge in [-0.2, -0.15) is 5.10 Å². The van der Waals surface area contributed by atoms with Crippen molar-refractivity contribution in [3.8, 4) is 0 Å². The van der Waals surface area contributed by atoms with E-state index in [1.165, 1.54) is 5.56 Å². The second-order valence-electron chi connectivity index (χ2n) is 5.38. The molecule has 1 atom stereocenters. The maximum Gasteiger partial charge on any atom is 0.159 e. The number of hydrogen-bond acceptors (Lipinski definition) is 5. The third-order valence-electron chi connectivity index (χ3n) is 3.82. The number of rotatable bonds is 4. The summed E-state index contributed by atoms with van der Waals surface area (Å²) >= 11 is 0. The maximum atomic E-state index is 5.24. The number of nitrogens with zero attached hydrogens (tertiary/aromatic N) is 4. The van der Waals surface area contributed by atoms with Crippen LogP contribution in [0.1, 0.15) is 29.9 Å². The molecular formula is C15H19N5O. The summed E-state index contributed by atoms with van der Waals surface area (Å²) < 4.78 is 7.02. The first kappa shape index (κ1) is 13.6. The number of nitrogens with one attached hydrogen (secondary N) is 1. The Hall–Kier alpha value is -2.37. The minimum Gasteiger partial charge on any atom is -0.384 e. The van der Waals surface area contributed by atoms with Crippen LogP contribution in [0, 0.1) is 13.8 Å². The summed E-state index contributed by atoms with van der Waals surface area (Å²) in [6, 6.07) is 1.98. The topological polar surface area (TPSA) is 68.8 Å². The lowest BCUT2D eigenvalue weighted by atomic mass is 9.99.